The van der Waals surface area contributed by atoms with E-state index in [0.717, 1.165) is 13.0 Å². The molecule has 0 saturated carbocycles. The molecule has 0 aromatic heterocycles. The quantitative estimate of drug-likeness (QED) is 0.223. The van der Waals surface area contributed by atoms with Crippen LogP contribution < -0.4 is 5.32 Å². The van der Waals surface area contributed by atoms with E-state index < -0.39 is 6.10 Å². The maximum atomic E-state index is 9.75. The van der Waals surface area contributed by atoms with Crippen molar-refractivity contribution in [1.82, 2.24) is 5.32 Å². The molecule has 0 fully saturated rings. The molecular weight excluding hydrogens is 338 g/mol. The Bertz CT molecular complexity index is 276. The molecule has 164 valence electrons. The van der Waals surface area contributed by atoms with E-state index >= 15 is 0 Å². The summed E-state index contributed by atoms with van der Waals surface area (Å²) in [5.74, 6) is 0. The van der Waals surface area contributed by atoms with Gasteiger partial charge < -0.3 is 20.3 Å². The maximum Gasteiger partial charge on any atom is 0.0897 e. The molecule has 0 aliphatic carbocycles. The highest BCUT2D eigenvalue weighted by molar-refractivity contribution is 4.63. The van der Waals surface area contributed by atoms with Crippen LogP contribution in [0.15, 0.2) is 0 Å². The highest BCUT2D eigenvalue weighted by Gasteiger charge is 2.06. The van der Waals surface area contributed by atoms with Gasteiger partial charge in [-0.05, 0) is 13.3 Å². The maximum absolute atomic E-state index is 9.75. The zero-order chi connectivity index (χ0) is 20.0. The molecule has 27 heavy (non-hydrogen) atoms. The van der Waals surface area contributed by atoms with Crippen molar-refractivity contribution < 1.29 is 14.9 Å². The summed E-state index contributed by atoms with van der Waals surface area (Å²) < 4.78 is 5.52. The second kappa shape index (κ2) is 22.1. The fourth-order valence-electron chi connectivity index (χ4n) is 3.26. The van der Waals surface area contributed by atoms with Crippen molar-refractivity contribution in [3.63, 3.8) is 0 Å². The van der Waals surface area contributed by atoms with Crippen LogP contribution in [0.1, 0.15) is 110 Å². The molecule has 4 nitrogen and oxygen atoms in total. The number of hydrogen-bond acceptors (Lipinski definition) is 4. The number of aliphatic hydroxyl groups excluding tert-OH is 2. The first kappa shape index (κ1) is 26.8. The summed E-state index contributed by atoms with van der Waals surface area (Å²) in [6.07, 6.45) is 20.1. The van der Waals surface area contributed by atoms with E-state index in [1.807, 2.05) is 6.92 Å². The number of aliphatic hydroxyl groups is 2. The Morgan fingerprint density at radius 1 is 0.741 bits per heavy atom. The topological polar surface area (TPSA) is 61.7 Å². The number of ether oxygens (including phenoxy) is 1. The first-order chi connectivity index (χ1) is 13.2. The number of nitrogens with one attached hydrogen (secondary N) is 1. The summed E-state index contributed by atoms with van der Waals surface area (Å²) >= 11 is 0. The van der Waals surface area contributed by atoms with Gasteiger partial charge in [0.1, 0.15) is 0 Å². The Kier molecular flexibility index (Phi) is 22.0. The standard InChI is InChI=1S/C23H49NO3/c1-3-4-5-6-7-8-9-10-11-12-13-14-15-16-17-18-27-21-23(26)19-24-22(2)20-25/h22-26H,3-21H2,1-2H3. The third-order valence-corrected chi connectivity index (χ3v) is 5.18. The second-order valence-corrected chi connectivity index (χ2v) is 8.17. The van der Waals surface area contributed by atoms with Gasteiger partial charge in [-0.15, -0.1) is 0 Å². The normalized spacial score (nSPS) is 13.8. The van der Waals surface area contributed by atoms with Gasteiger partial charge in [0.2, 0.25) is 0 Å². The molecule has 2 unspecified atom stereocenters. The van der Waals surface area contributed by atoms with Crippen molar-refractivity contribution in [3.8, 4) is 0 Å². The fourth-order valence-corrected chi connectivity index (χ4v) is 3.26. The molecule has 0 aromatic rings. The molecule has 0 aliphatic rings. The molecule has 0 radical (unpaired) electrons. The summed E-state index contributed by atoms with van der Waals surface area (Å²) in [6.45, 7) is 5.85. The monoisotopic (exact) mass is 387 g/mol. The van der Waals surface area contributed by atoms with Gasteiger partial charge in [-0.3, -0.25) is 0 Å². The van der Waals surface area contributed by atoms with Gasteiger partial charge in [-0.1, -0.05) is 96.8 Å². The minimum absolute atomic E-state index is 0.0233. The Morgan fingerprint density at radius 3 is 1.63 bits per heavy atom. The lowest BCUT2D eigenvalue weighted by Gasteiger charge is -2.15. The van der Waals surface area contributed by atoms with Gasteiger partial charge in [-0.25, -0.2) is 0 Å². The minimum atomic E-state index is -0.490. The highest BCUT2D eigenvalue weighted by atomic mass is 16.5. The van der Waals surface area contributed by atoms with Crippen LogP contribution >= 0.6 is 0 Å². The van der Waals surface area contributed by atoms with Gasteiger partial charge in [0, 0.05) is 19.2 Å². The lowest BCUT2D eigenvalue weighted by Crippen LogP contribution is -2.37. The summed E-state index contributed by atoms with van der Waals surface area (Å²) in [5.41, 5.74) is 0. The van der Waals surface area contributed by atoms with E-state index in [0.29, 0.717) is 13.2 Å². The largest absolute Gasteiger partial charge is 0.395 e. The molecule has 0 spiro atoms. The van der Waals surface area contributed by atoms with Crippen LogP contribution in [0.5, 0.6) is 0 Å². The Morgan fingerprint density at radius 2 is 1.19 bits per heavy atom. The van der Waals surface area contributed by atoms with E-state index in [4.69, 9.17) is 9.84 Å². The van der Waals surface area contributed by atoms with E-state index in [2.05, 4.69) is 12.2 Å². The van der Waals surface area contributed by atoms with E-state index in [1.165, 1.54) is 89.9 Å². The lowest BCUT2D eigenvalue weighted by atomic mass is 10.0. The van der Waals surface area contributed by atoms with Crippen LogP contribution in [-0.2, 0) is 4.74 Å². The van der Waals surface area contributed by atoms with E-state index in [9.17, 15) is 5.11 Å². The van der Waals surface area contributed by atoms with Crippen molar-refractivity contribution in [2.75, 3.05) is 26.4 Å². The van der Waals surface area contributed by atoms with Crippen LogP contribution in [0.3, 0.4) is 0 Å². The number of rotatable bonds is 22. The Hall–Kier alpha value is -0.160. The summed E-state index contributed by atoms with van der Waals surface area (Å²) in [5, 5.41) is 21.7. The molecule has 3 N–H and O–H groups in total. The van der Waals surface area contributed by atoms with Crippen LogP contribution in [-0.4, -0.2) is 48.7 Å². The van der Waals surface area contributed by atoms with Crippen molar-refractivity contribution in [1.29, 1.82) is 0 Å². The molecule has 4 heteroatoms. The number of unbranched alkanes of at least 4 members (excludes halogenated alkanes) is 14. The van der Waals surface area contributed by atoms with E-state index in [-0.39, 0.29) is 12.6 Å². The molecular formula is C23H49NO3. The first-order valence-corrected chi connectivity index (χ1v) is 11.8. The molecule has 0 amide bonds. The van der Waals surface area contributed by atoms with E-state index in [1.54, 1.807) is 0 Å². The fraction of sp³-hybridized carbons (Fsp3) is 1.00. The van der Waals surface area contributed by atoms with Crippen LogP contribution in [0.4, 0.5) is 0 Å². The second-order valence-electron chi connectivity index (χ2n) is 8.17. The Labute approximate surface area is 169 Å². The molecule has 0 bridgehead atoms. The van der Waals surface area contributed by atoms with Crippen molar-refractivity contribution in [3.05, 3.63) is 0 Å². The first-order valence-electron chi connectivity index (χ1n) is 11.8. The van der Waals surface area contributed by atoms with Crippen molar-refractivity contribution in [2.24, 2.45) is 0 Å². The zero-order valence-electron chi connectivity index (χ0n) is 18.4. The van der Waals surface area contributed by atoms with Crippen LogP contribution in [0, 0.1) is 0 Å². The molecule has 0 saturated heterocycles. The molecule has 2 atom stereocenters. The molecule has 0 heterocycles. The zero-order valence-corrected chi connectivity index (χ0v) is 18.4. The Balaban J connectivity index is 3.10. The highest BCUT2D eigenvalue weighted by Crippen LogP contribution is 2.13. The van der Waals surface area contributed by atoms with Gasteiger partial charge >= 0.3 is 0 Å². The van der Waals surface area contributed by atoms with Crippen molar-refractivity contribution >= 4 is 0 Å². The third kappa shape index (κ3) is 22.0. The van der Waals surface area contributed by atoms with Crippen LogP contribution in [0.25, 0.3) is 0 Å². The third-order valence-electron chi connectivity index (χ3n) is 5.18. The predicted octanol–water partition coefficient (Wildman–Crippen LogP) is 5.21. The molecule has 0 aromatic carbocycles. The van der Waals surface area contributed by atoms with Gasteiger partial charge in [-0.2, -0.15) is 0 Å². The van der Waals surface area contributed by atoms with Gasteiger partial charge in [0.25, 0.3) is 0 Å². The average Bonchev–Trinajstić information content (AvgIpc) is 2.68. The molecule has 0 rings (SSSR count). The smallest absolute Gasteiger partial charge is 0.0897 e. The lowest BCUT2D eigenvalue weighted by molar-refractivity contribution is 0.0334. The summed E-state index contributed by atoms with van der Waals surface area (Å²) in [7, 11) is 0. The van der Waals surface area contributed by atoms with Crippen LogP contribution in [0.2, 0.25) is 0 Å². The van der Waals surface area contributed by atoms with Gasteiger partial charge in [0.05, 0.1) is 19.3 Å². The SMILES string of the molecule is CCCCCCCCCCCCCCCCCOCC(O)CNC(C)CO. The summed E-state index contributed by atoms with van der Waals surface area (Å²) in [6, 6.07) is 0.0233. The predicted molar refractivity (Wildman–Crippen MR) is 116 cm³/mol. The van der Waals surface area contributed by atoms with Crippen molar-refractivity contribution in [2.45, 2.75) is 122 Å². The minimum Gasteiger partial charge on any atom is -0.395 e. The number of hydrogen-bond donors (Lipinski definition) is 3. The van der Waals surface area contributed by atoms with Gasteiger partial charge in [0.15, 0.2) is 0 Å². The summed E-state index contributed by atoms with van der Waals surface area (Å²) in [4.78, 5) is 0. The average molecular weight is 388 g/mol. The molecule has 0 aliphatic heterocycles.